The third-order valence-electron chi connectivity index (χ3n) is 4.25. The largest absolute Gasteiger partial charge is 0.497 e. The first-order valence-corrected chi connectivity index (χ1v) is 7.83. The molecule has 3 nitrogen and oxygen atoms in total. The van der Waals surface area contributed by atoms with E-state index in [0.29, 0.717) is 18.1 Å². The maximum atomic E-state index is 12.1. The zero-order chi connectivity index (χ0) is 16.4. The molecule has 4 heteroatoms. The molecule has 2 aromatic carbocycles. The van der Waals surface area contributed by atoms with E-state index >= 15 is 0 Å². The summed E-state index contributed by atoms with van der Waals surface area (Å²) < 4.78 is 5.32. The summed E-state index contributed by atoms with van der Waals surface area (Å²) in [5, 5.41) is 0.707. The van der Waals surface area contributed by atoms with Gasteiger partial charge in [-0.05, 0) is 47.0 Å². The molecule has 3 rings (SSSR count). The molecule has 23 heavy (non-hydrogen) atoms. The Balaban J connectivity index is 2.05. The Morgan fingerprint density at radius 1 is 1.30 bits per heavy atom. The molecule has 1 aliphatic heterocycles. The molecule has 2 aromatic rings. The number of halogens is 1. The average Bonchev–Trinajstić information content (AvgIpc) is 2.60. The fourth-order valence-electron chi connectivity index (χ4n) is 3.05. The monoisotopic (exact) mass is 327 g/mol. The van der Waals surface area contributed by atoms with Crippen LogP contribution in [0.15, 0.2) is 55.1 Å². The predicted octanol–water partition coefficient (Wildman–Crippen LogP) is 4.01. The SMILES string of the molecule is C=CC(=O)N1Cc2cc(OC)ccc2[C@H](c2ccc(Cl)cc2)C1. The van der Waals surface area contributed by atoms with Crippen LogP contribution in [0, 0.1) is 0 Å². The van der Waals surface area contributed by atoms with E-state index in [4.69, 9.17) is 16.3 Å². The summed E-state index contributed by atoms with van der Waals surface area (Å²) >= 11 is 6.00. The third-order valence-corrected chi connectivity index (χ3v) is 4.50. The lowest BCUT2D eigenvalue weighted by molar-refractivity contribution is -0.127. The summed E-state index contributed by atoms with van der Waals surface area (Å²) in [4.78, 5) is 13.9. The van der Waals surface area contributed by atoms with Gasteiger partial charge in [0.25, 0.3) is 0 Å². The molecule has 0 aromatic heterocycles. The molecule has 0 bridgehead atoms. The lowest BCUT2D eigenvalue weighted by Gasteiger charge is -2.34. The van der Waals surface area contributed by atoms with Crippen LogP contribution in [0.3, 0.4) is 0 Å². The van der Waals surface area contributed by atoms with Gasteiger partial charge in [0.1, 0.15) is 5.75 Å². The molecule has 118 valence electrons. The van der Waals surface area contributed by atoms with Crippen molar-refractivity contribution in [1.29, 1.82) is 0 Å². The number of carbonyl (C=O) groups is 1. The van der Waals surface area contributed by atoms with Gasteiger partial charge < -0.3 is 9.64 Å². The van der Waals surface area contributed by atoms with Gasteiger partial charge in [-0.1, -0.05) is 36.4 Å². The summed E-state index contributed by atoms with van der Waals surface area (Å²) in [6.07, 6.45) is 1.37. The van der Waals surface area contributed by atoms with E-state index in [1.807, 2.05) is 41.3 Å². The minimum absolute atomic E-state index is 0.0579. The average molecular weight is 328 g/mol. The standard InChI is InChI=1S/C19H18ClNO2/c1-3-19(22)21-11-14-10-16(23-2)8-9-17(14)18(12-21)13-4-6-15(20)7-5-13/h3-10,18H,1,11-12H2,2H3/t18-/m0/s1. The minimum Gasteiger partial charge on any atom is -0.497 e. The van der Waals surface area contributed by atoms with Crippen molar-refractivity contribution in [2.24, 2.45) is 0 Å². The van der Waals surface area contributed by atoms with E-state index in [-0.39, 0.29) is 11.8 Å². The Bertz CT molecular complexity index is 740. The van der Waals surface area contributed by atoms with Gasteiger partial charge >= 0.3 is 0 Å². The predicted molar refractivity (Wildman–Crippen MR) is 91.9 cm³/mol. The van der Waals surface area contributed by atoms with Crippen molar-refractivity contribution in [2.45, 2.75) is 12.5 Å². The number of rotatable bonds is 3. The van der Waals surface area contributed by atoms with Crippen LogP contribution in [0.25, 0.3) is 0 Å². The number of ether oxygens (including phenoxy) is 1. The highest BCUT2D eigenvalue weighted by atomic mass is 35.5. The van der Waals surface area contributed by atoms with Crippen LogP contribution >= 0.6 is 11.6 Å². The Morgan fingerprint density at radius 3 is 2.70 bits per heavy atom. The number of benzene rings is 2. The zero-order valence-electron chi connectivity index (χ0n) is 13.0. The molecule has 1 amide bonds. The van der Waals surface area contributed by atoms with Crippen molar-refractivity contribution in [3.8, 4) is 5.75 Å². The molecule has 0 unspecified atom stereocenters. The number of amides is 1. The molecular weight excluding hydrogens is 310 g/mol. The van der Waals surface area contributed by atoms with Gasteiger partial charge in [0.15, 0.2) is 0 Å². The van der Waals surface area contributed by atoms with Gasteiger partial charge in [-0.3, -0.25) is 4.79 Å². The number of carbonyl (C=O) groups excluding carboxylic acids is 1. The Hall–Kier alpha value is -2.26. The summed E-state index contributed by atoms with van der Waals surface area (Å²) in [7, 11) is 1.65. The molecule has 1 heterocycles. The van der Waals surface area contributed by atoms with Crippen molar-refractivity contribution in [2.75, 3.05) is 13.7 Å². The second-order valence-electron chi connectivity index (χ2n) is 5.59. The van der Waals surface area contributed by atoms with Crippen LogP contribution in [0.4, 0.5) is 0 Å². The molecule has 0 spiro atoms. The van der Waals surface area contributed by atoms with Crippen molar-refractivity contribution >= 4 is 17.5 Å². The van der Waals surface area contributed by atoms with Gasteiger partial charge in [0, 0.05) is 24.0 Å². The first-order chi connectivity index (χ1) is 11.1. The van der Waals surface area contributed by atoms with Crippen molar-refractivity contribution in [3.05, 3.63) is 76.8 Å². The van der Waals surface area contributed by atoms with E-state index in [0.717, 1.165) is 16.9 Å². The second-order valence-corrected chi connectivity index (χ2v) is 6.03. The van der Waals surface area contributed by atoms with Gasteiger partial charge in [-0.2, -0.15) is 0 Å². The topological polar surface area (TPSA) is 29.5 Å². The highest BCUT2D eigenvalue weighted by Gasteiger charge is 2.28. The fraction of sp³-hybridized carbons (Fsp3) is 0.211. The van der Waals surface area contributed by atoms with E-state index in [2.05, 4.69) is 12.6 Å². The summed E-state index contributed by atoms with van der Waals surface area (Å²) in [6, 6.07) is 13.9. The molecule has 0 aliphatic carbocycles. The molecule has 0 saturated carbocycles. The van der Waals surface area contributed by atoms with E-state index in [1.54, 1.807) is 7.11 Å². The van der Waals surface area contributed by atoms with Gasteiger partial charge in [-0.15, -0.1) is 0 Å². The van der Waals surface area contributed by atoms with Crippen LogP contribution in [-0.4, -0.2) is 24.5 Å². The second kappa shape index (κ2) is 6.47. The van der Waals surface area contributed by atoms with Crippen molar-refractivity contribution in [3.63, 3.8) is 0 Å². The van der Waals surface area contributed by atoms with Gasteiger partial charge in [0.05, 0.1) is 7.11 Å². The smallest absolute Gasteiger partial charge is 0.246 e. The maximum absolute atomic E-state index is 12.1. The fourth-order valence-corrected chi connectivity index (χ4v) is 3.18. The highest BCUT2D eigenvalue weighted by molar-refractivity contribution is 6.30. The molecule has 0 saturated heterocycles. The van der Waals surface area contributed by atoms with Crippen LogP contribution in [0.1, 0.15) is 22.6 Å². The number of hydrogen-bond acceptors (Lipinski definition) is 2. The minimum atomic E-state index is -0.0579. The Labute approximate surface area is 141 Å². The van der Waals surface area contributed by atoms with Crippen LogP contribution < -0.4 is 4.74 Å². The van der Waals surface area contributed by atoms with Crippen molar-refractivity contribution in [1.82, 2.24) is 4.90 Å². The van der Waals surface area contributed by atoms with Crippen LogP contribution in [0.5, 0.6) is 5.75 Å². The lowest BCUT2D eigenvalue weighted by atomic mass is 9.84. The number of fused-ring (bicyclic) bond motifs is 1. The molecule has 1 aliphatic rings. The van der Waals surface area contributed by atoms with E-state index in [9.17, 15) is 4.79 Å². The normalized spacial score (nSPS) is 16.6. The number of methoxy groups -OCH3 is 1. The summed E-state index contributed by atoms with van der Waals surface area (Å²) in [6.45, 7) is 4.80. The van der Waals surface area contributed by atoms with Crippen LogP contribution in [-0.2, 0) is 11.3 Å². The first kappa shape index (κ1) is 15.6. The lowest BCUT2D eigenvalue weighted by Crippen LogP contribution is -2.37. The number of nitrogens with zero attached hydrogens (tertiary/aromatic N) is 1. The van der Waals surface area contributed by atoms with Gasteiger partial charge in [-0.25, -0.2) is 0 Å². The van der Waals surface area contributed by atoms with E-state index in [1.165, 1.54) is 11.6 Å². The third kappa shape index (κ3) is 3.10. The van der Waals surface area contributed by atoms with Crippen LogP contribution in [0.2, 0.25) is 5.02 Å². The molecule has 1 atom stereocenters. The molecule has 0 fully saturated rings. The molecule has 0 radical (unpaired) electrons. The van der Waals surface area contributed by atoms with Gasteiger partial charge in [0.2, 0.25) is 5.91 Å². The van der Waals surface area contributed by atoms with E-state index < -0.39 is 0 Å². The quantitative estimate of drug-likeness (QED) is 0.797. The highest BCUT2D eigenvalue weighted by Crippen LogP contribution is 2.35. The maximum Gasteiger partial charge on any atom is 0.246 e. The molecular formula is C19H18ClNO2. The van der Waals surface area contributed by atoms with Crippen molar-refractivity contribution < 1.29 is 9.53 Å². The number of hydrogen-bond donors (Lipinski definition) is 0. The Kier molecular flexibility index (Phi) is 4.39. The zero-order valence-corrected chi connectivity index (χ0v) is 13.7. The molecule has 0 N–H and O–H groups in total. The summed E-state index contributed by atoms with van der Waals surface area (Å²) in [5.41, 5.74) is 3.47. The Morgan fingerprint density at radius 2 is 2.04 bits per heavy atom. The summed E-state index contributed by atoms with van der Waals surface area (Å²) in [5.74, 6) is 0.856. The first-order valence-electron chi connectivity index (χ1n) is 7.46.